The first-order chi connectivity index (χ1) is 20.2. The van der Waals surface area contributed by atoms with E-state index in [1.54, 1.807) is 30.3 Å². The molecule has 1 unspecified atom stereocenters. The van der Waals surface area contributed by atoms with Gasteiger partial charge in [0, 0.05) is 22.5 Å². The van der Waals surface area contributed by atoms with Gasteiger partial charge < -0.3 is 20.3 Å². The molecule has 2 aromatic carbocycles. The fraction of sp³-hybridized carbons (Fsp3) is 0.176. The quantitative estimate of drug-likeness (QED) is 0.123. The molecule has 1 aliphatic rings. The van der Waals surface area contributed by atoms with Crippen LogP contribution in [0.5, 0.6) is 5.75 Å². The number of hydrogen-bond acceptors (Lipinski definition) is 4. The predicted octanol–water partition coefficient (Wildman–Crippen LogP) is 7.76. The Kier molecular flexibility index (Phi) is 12.5. The van der Waals surface area contributed by atoms with Gasteiger partial charge in [0.1, 0.15) is 24.2 Å². The number of ether oxygens (including phenoxy) is 1. The number of amides is 1. The Morgan fingerprint density at radius 1 is 1.12 bits per heavy atom. The van der Waals surface area contributed by atoms with Crippen molar-refractivity contribution in [3.63, 3.8) is 0 Å². The van der Waals surface area contributed by atoms with Gasteiger partial charge in [-0.1, -0.05) is 78.4 Å². The summed E-state index contributed by atoms with van der Waals surface area (Å²) in [7, 11) is 0. The zero-order valence-corrected chi connectivity index (χ0v) is 24.7. The van der Waals surface area contributed by atoms with Gasteiger partial charge in [0.15, 0.2) is 0 Å². The van der Waals surface area contributed by atoms with E-state index in [1.165, 1.54) is 12.2 Å². The molecular weight excluding hydrogens is 573 g/mol. The number of rotatable bonds is 13. The first-order valence-electron chi connectivity index (χ1n) is 13.2. The van der Waals surface area contributed by atoms with Gasteiger partial charge in [-0.15, -0.1) is 11.6 Å². The molecule has 1 amide bonds. The summed E-state index contributed by atoms with van der Waals surface area (Å²) in [6.07, 6.45) is 16.2. The van der Waals surface area contributed by atoms with E-state index < -0.39 is 17.9 Å². The molecule has 3 N–H and O–H groups in total. The van der Waals surface area contributed by atoms with Gasteiger partial charge in [-0.25, -0.2) is 4.79 Å². The molecule has 0 saturated carbocycles. The fourth-order valence-corrected chi connectivity index (χ4v) is 4.18. The number of aliphatic carboxylic acids is 1. The first-order valence-corrected chi connectivity index (χ1v) is 14.2. The molecule has 42 heavy (non-hydrogen) atoms. The van der Waals surface area contributed by atoms with Crippen molar-refractivity contribution in [1.82, 2.24) is 5.32 Å². The monoisotopic (exact) mass is 605 g/mol. The first kappa shape index (κ1) is 32.3. The molecule has 0 aromatic heterocycles. The predicted molar refractivity (Wildman–Crippen MR) is 170 cm³/mol. The van der Waals surface area contributed by atoms with Crippen molar-refractivity contribution in [2.24, 2.45) is 0 Å². The van der Waals surface area contributed by atoms with Crippen LogP contribution in [0, 0.1) is 0 Å². The molecule has 0 radical (unpaired) electrons. The number of alkyl halides is 1. The highest BCUT2D eigenvalue weighted by Crippen LogP contribution is 2.26. The Labute approximate surface area is 256 Å². The summed E-state index contributed by atoms with van der Waals surface area (Å²) in [4.78, 5) is 24.5. The van der Waals surface area contributed by atoms with Crippen molar-refractivity contribution in [3.8, 4) is 5.75 Å². The lowest BCUT2D eigenvalue weighted by Gasteiger charge is -2.14. The summed E-state index contributed by atoms with van der Waals surface area (Å²) in [5, 5.41) is 23.4. The zero-order chi connectivity index (χ0) is 30.5. The minimum atomic E-state index is -1.15. The van der Waals surface area contributed by atoms with Gasteiger partial charge in [0.25, 0.3) is 0 Å². The minimum Gasteiger partial charge on any atom is -0.507 e. The average molecular weight is 607 g/mol. The average Bonchev–Trinajstić information content (AvgIpc) is 3.21. The van der Waals surface area contributed by atoms with E-state index in [1.807, 2.05) is 61.6 Å². The van der Waals surface area contributed by atoms with Gasteiger partial charge in [-0.2, -0.15) is 0 Å². The highest BCUT2D eigenvalue weighted by atomic mass is 35.5. The van der Waals surface area contributed by atoms with Crippen LogP contribution in [-0.2, 0) is 20.9 Å². The molecule has 0 saturated heterocycles. The largest absolute Gasteiger partial charge is 0.507 e. The van der Waals surface area contributed by atoms with Gasteiger partial charge in [-0.05, 0) is 78.5 Å². The molecule has 0 fully saturated rings. The number of benzene rings is 2. The fourth-order valence-electron chi connectivity index (χ4n) is 3.97. The highest BCUT2D eigenvalue weighted by Gasteiger charge is 2.20. The number of phenolic OH excluding ortho intramolecular Hbond substituents is 1. The molecule has 218 valence electrons. The number of carboxylic acids is 1. The third-order valence-corrected chi connectivity index (χ3v) is 6.90. The SMILES string of the molecule is C=C(/C=C\C(=C/C)c1ccc(/C=C/C(=O)NC(CC2=CC=C(OCc3ccc(Cl)cc3)C=CC2)C(=O)O)c(O)c1)CCl. The number of aromatic hydroxyl groups is 1. The summed E-state index contributed by atoms with van der Waals surface area (Å²) >= 11 is 11.7. The van der Waals surface area contributed by atoms with Gasteiger partial charge in [0.05, 0.1) is 0 Å². The number of hydrogen-bond donors (Lipinski definition) is 3. The Hall–Kier alpha value is -4.26. The van der Waals surface area contributed by atoms with Crippen LogP contribution in [0.15, 0.2) is 115 Å². The third-order valence-electron chi connectivity index (χ3n) is 6.30. The van der Waals surface area contributed by atoms with Crippen molar-refractivity contribution < 1.29 is 24.5 Å². The van der Waals surface area contributed by atoms with Crippen molar-refractivity contribution in [2.75, 3.05) is 5.88 Å². The second kappa shape index (κ2) is 16.2. The lowest BCUT2D eigenvalue weighted by atomic mass is 10.0. The molecule has 0 spiro atoms. The summed E-state index contributed by atoms with van der Waals surface area (Å²) in [6, 6.07) is 11.3. The van der Waals surface area contributed by atoms with Crippen LogP contribution in [0.4, 0.5) is 0 Å². The van der Waals surface area contributed by atoms with E-state index in [0.717, 1.165) is 27.8 Å². The summed E-state index contributed by atoms with van der Waals surface area (Å²) in [6.45, 7) is 6.09. The van der Waals surface area contributed by atoms with Crippen molar-refractivity contribution >= 4 is 46.7 Å². The Balaban J connectivity index is 1.60. The van der Waals surface area contributed by atoms with Crippen LogP contribution in [0.3, 0.4) is 0 Å². The van der Waals surface area contributed by atoms with Crippen LogP contribution >= 0.6 is 23.2 Å². The molecule has 0 heterocycles. The second-order valence-electron chi connectivity index (χ2n) is 9.50. The summed E-state index contributed by atoms with van der Waals surface area (Å²) < 4.78 is 5.85. The number of phenols is 1. The summed E-state index contributed by atoms with van der Waals surface area (Å²) in [5.74, 6) is -0.796. The molecule has 6 nitrogen and oxygen atoms in total. The number of carbonyl (C=O) groups excluding carboxylic acids is 1. The van der Waals surface area contributed by atoms with Crippen LogP contribution in [0.1, 0.15) is 36.5 Å². The van der Waals surface area contributed by atoms with Crippen molar-refractivity contribution in [3.05, 3.63) is 136 Å². The molecule has 8 heteroatoms. The minimum absolute atomic E-state index is 0.0217. The van der Waals surface area contributed by atoms with E-state index in [4.69, 9.17) is 27.9 Å². The van der Waals surface area contributed by atoms with E-state index in [0.29, 0.717) is 35.3 Å². The standard InChI is InChI=1S/C34H33Cl2NO5/c1-3-26(11-7-23(2)21-35)28-13-12-27(32(38)20-28)14-18-33(39)37-31(34(40)41)19-24-5-4-6-30(17-10-24)42-22-25-8-15-29(36)16-9-25/h3-4,6-18,20,31,38H,2,5,19,21-22H2,1H3,(H,37,39)(H,40,41)/b11-7-,18-14+,26-3+. The molecule has 3 rings (SSSR count). The molecule has 0 aliphatic heterocycles. The number of carboxylic acid groups (broad SMARTS) is 1. The molecule has 0 bridgehead atoms. The maximum Gasteiger partial charge on any atom is 0.326 e. The smallest absolute Gasteiger partial charge is 0.326 e. The van der Waals surface area contributed by atoms with Crippen LogP contribution < -0.4 is 5.32 Å². The third kappa shape index (κ3) is 10.3. The number of carbonyl (C=O) groups is 2. The lowest BCUT2D eigenvalue weighted by Crippen LogP contribution is -2.40. The van der Waals surface area contributed by atoms with E-state index in [2.05, 4.69) is 11.9 Å². The highest BCUT2D eigenvalue weighted by molar-refractivity contribution is 6.30. The molecule has 1 aliphatic carbocycles. The van der Waals surface area contributed by atoms with E-state index in [9.17, 15) is 19.8 Å². The number of halogens is 2. The Morgan fingerprint density at radius 2 is 1.88 bits per heavy atom. The molecule has 1 atom stereocenters. The summed E-state index contributed by atoms with van der Waals surface area (Å²) in [5.41, 5.74) is 4.62. The van der Waals surface area contributed by atoms with Crippen molar-refractivity contribution in [1.29, 1.82) is 0 Å². The van der Waals surface area contributed by atoms with Crippen LogP contribution in [-0.4, -0.2) is 34.0 Å². The van der Waals surface area contributed by atoms with Crippen molar-refractivity contribution in [2.45, 2.75) is 32.4 Å². The Bertz CT molecular complexity index is 1480. The van der Waals surface area contributed by atoms with E-state index >= 15 is 0 Å². The normalized spacial score (nSPS) is 14.3. The topological polar surface area (TPSA) is 95.9 Å². The molecule has 2 aromatic rings. The van der Waals surface area contributed by atoms with Gasteiger partial charge >= 0.3 is 5.97 Å². The second-order valence-corrected chi connectivity index (χ2v) is 10.2. The number of nitrogens with one attached hydrogen (secondary N) is 1. The maximum absolute atomic E-state index is 12.6. The van der Waals surface area contributed by atoms with Crippen LogP contribution in [0.25, 0.3) is 11.6 Å². The van der Waals surface area contributed by atoms with Gasteiger partial charge in [0.2, 0.25) is 5.91 Å². The number of allylic oxidation sites excluding steroid dienone is 9. The Morgan fingerprint density at radius 3 is 2.55 bits per heavy atom. The van der Waals surface area contributed by atoms with Crippen LogP contribution in [0.2, 0.25) is 5.02 Å². The van der Waals surface area contributed by atoms with Gasteiger partial charge in [-0.3, -0.25) is 4.79 Å². The maximum atomic E-state index is 12.6. The lowest BCUT2D eigenvalue weighted by molar-refractivity contribution is -0.141. The zero-order valence-electron chi connectivity index (χ0n) is 23.2. The van der Waals surface area contributed by atoms with E-state index in [-0.39, 0.29) is 12.2 Å². The molecular formula is C34H33Cl2NO5.